The van der Waals surface area contributed by atoms with E-state index in [1.165, 1.54) is 12.1 Å². The molecule has 6 nitrogen and oxygen atoms in total. The van der Waals surface area contributed by atoms with Crippen LogP contribution in [0.5, 0.6) is 11.5 Å². The van der Waals surface area contributed by atoms with Crippen molar-refractivity contribution in [3.63, 3.8) is 0 Å². The molecule has 0 spiro atoms. The van der Waals surface area contributed by atoms with Crippen molar-refractivity contribution in [2.24, 2.45) is 0 Å². The Morgan fingerprint density at radius 1 is 1.00 bits per heavy atom. The minimum absolute atomic E-state index is 0.0318. The average molecular weight is 373 g/mol. The summed E-state index contributed by atoms with van der Waals surface area (Å²) in [6, 6.07) is 10.1. The molecule has 0 aliphatic carbocycles. The molecule has 0 amide bonds. The smallest absolute Gasteiger partial charge is 0.156 e. The van der Waals surface area contributed by atoms with E-state index in [2.05, 4.69) is 20.2 Å². The number of nitrogens with zero attached hydrogens (tertiary/aromatic N) is 2. The number of halogens is 2. The van der Waals surface area contributed by atoms with Gasteiger partial charge in [0.15, 0.2) is 5.82 Å². The number of aromatic nitrogens is 4. The van der Waals surface area contributed by atoms with Gasteiger partial charge in [0.1, 0.15) is 23.0 Å². The number of nitrogens with one attached hydrogen (secondary N) is 2. The minimum Gasteiger partial charge on any atom is -0.497 e. The summed E-state index contributed by atoms with van der Waals surface area (Å²) in [5.41, 5.74) is 3.32. The van der Waals surface area contributed by atoms with Crippen molar-refractivity contribution >= 4 is 22.6 Å². The summed E-state index contributed by atoms with van der Waals surface area (Å²) >= 11 is 5.81. The maximum atomic E-state index is 13.6. The number of hydrogen-bond acceptors (Lipinski definition) is 4. The van der Waals surface area contributed by atoms with Gasteiger partial charge in [-0.2, -0.15) is 5.10 Å². The van der Waals surface area contributed by atoms with Crippen molar-refractivity contribution in [1.82, 2.24) is 20.2 Å². The predicted molar refractivity (Wildman–Crippen MR) is 97.2 cm³/mol. The van der Waals surface area contributed by atoms with Crippen LogP contribution in [0.3, 0.4) is 0 Å². The average Bonchev–Trinajstić information content (AvgIpc) is 3.28. The first-order valence-electron chi connectivity index (χ1n) is 7.71. The molecule has 0 saturated carbocycles. The predicted octanol–water partition coefficient (Wildman–Crippen LogP) is 4.43. The third-order valence-electron chi connectivity index (χ3n) is 4.00. The van der Waals surface area contributed by atoms with Crippen LogP contribution in [0.25, 0.3) is 33.8 Å². The molecule has 0 fully saturated rings. The molecule has 0 aliphatic rings. The Hall–Kier alpha value is -3.06. The van der Waals surface area contributed by atoms with E-state index in [0.717, 1.165) is 5.56 Å². The van der Waals surface area contributed by atoms with Gasteiger partial charge in [-0.25, -0.2) is 9.37 Å². The molecule has 2 heterocycles. The molecule has 4 aromatic rings. The fourth-order valence-corrected chi connectivity index (χ4v) is 2.84. The summed E-state index contributed by atoms with van der Waals surface area (Å²) in [5.74, 6) is 1.37. The van der Waals surface area contributed by atoms with Gasteiger partial charge in [0.05, 0.1) is 36.0 Å². The fourth-order valence-electron chi connectivity index (χ4n) is 2.68. The van der Waals surface area contributed by atoms with Crippen LogP contribution in [0.1, 0.15) is 0 Å². The molecule has 0 saturated heterocycles. The van der Waals surface area contributed by atoms with Crippen LogP contribution in [-0.4, -0.2) is 34.4 Å². The Kier molecular flexibility index (Phi) is 4.00. The first kappa shape index (κ1) is 16.4. The second kappa shape index (κ2) is 6.34. The van der Waals surface area contributed by atoms with Gasteiger partial charge in [-0.1, -0.05) is 11.6 Å². The Bertz CT molecular complexity index is 1040. The molecule has 0 bridgehead atoms. The lowest BCUT2D eigenvalue weighted by Crippen LogP contribution is -1.88. The topological polar surface area (TPSA) is 75.8 Å². The largest absolute Gasteiger partial charge is 0.497 e. The highest BCUT2D eigenvalue weighted by atomic mass is 35.5. The van der Waals surface area contributed by atoms with Crippen molar-refractivity contribution in [2.45, 2.75) is 0 Å². The van der Waals surface area contributed by atoms with Crippen molar-refractivity contribution in [1.29, 1.82) is 0 Å². The number of H-pyrrole nitrogens is 2. The molecule has 2 aromatic heterocycles. The van der Waals surface area contributed by atoms with Gasteiger partial charge in [-0.05, 0) is 24.3 Å². The van der Waals surface area contributed by atoms with Gasteiger partial charge in [0.25, 0.3) is 0 Å². The Labute approximate surface area is 152 Å². The zero-order valence-corrected chi connectivity index (χ0v) is 14.7. The van der Waals surface area contributed by atoms with Gasteiger partial charge >= 0.3 is 0 Å². The molecule has 2 aromatic carbocycles. The van der Waals surface area contributed by atoms with E-state index < -0.39 is 5.82 Å². The lowest BCUT2D eigenvalue weighted by molar-refractivity contribution is 0.394. The molecule has 2 N–H and O–H groups in total. The first-order chi connectivity index (χ1) is 12.6. The van der Waals surface area contributed by atoms with Gasteiger partial charge in [-0.15, -0.1) is 0 Å². The van der Waals surface area contributed by atoms with Crippen LogP contribution in [-0.2, 0) is 0 Å². The fraction of sp³-hybridized carbons (Fsp3) is 0.111. The van der Waals surface area contributed by atoms with E-state index in [4.69, 9.17) is 21.1 Å². The molecule has 0 atom stereocenters. The van der Waals surface area contributed by atoms with Crippen LogP contribution < -0.4 is 9.47 Å². The summed E-state index contributed by atoms with van der Waals surface area (Å²) in [7, 11) is 3.18. The summed E-state index contributed by atoms with van der Waals surface area (Å²) < 4.78 is 24.2. The van der Waals surface area contributed by atoms with Crippen LogP contribution in [0.2, 0.25) is 5.02 Å². The zero-order chi connectivity index (χ0) is 18.3. The molecular formula is C18H14ClFN4O2. The number of aromatic amines is 2. The quantitative estimate of drug-likeness (QED) is 0.555. The number of fused-ring (bicyclic) bond motifs is 1. The van der Waals surface area contributed by atoms with E-state index in [1.54, 1.807) is 20.3 Å². The summed E-state index contributed by atoms with van der Waals surface area (Å²) in [6.45, 7) is 0. The standard InChI is InChI=1S/C18H14ClFN4O2/c1-25-10-3-9(4-11(5-10)26-2)14-8-17(24-23-14)18-21-15-6-12(19)13(20)7-16(15)22-18/h3-8H,1-2H3,(H,21,22)(H,23,24). The van der Waals surface area contributed by atoms with Gasteiger partial charge in [-0.3, -0.25) is 5.10 Å². The number of rotatable bonds is 4. The molecule has 132 valence electrons. The Morgan fingerprint density at radius 3 is 2.42 bits per heavy atom. The normalized spacial score (nSPS) is 11.1. The molecular weight excluding hydrogens is 359 g/mol. The van der Waals surface area contributed by atoms with Crippen LogP contribution in [0.15, 0.2) is 36.4 Å². The highest BCUT2D eigenvalue weighted by molar-refractivity contribution is 6.31. The maximum Gasteiger partial charge on any atom is 0.156 e. The van der Waals surface area contributed by atoms with Gasteiger partial charge in [0.2, 0.25) is 0 Å². The number of ether oxygens (including phenoxy) is 2. The van der Waals surface area contributed by atoms with Crippen molar-refractivity contribution < 1.29 is 13.9 Å². The molecule has 0 aliphatic heterocycles. The molecule has 26 heavy (non-hydrogen) atoms. The number of benzene rings is 2. The van der Waals surface area contributed by atoms with Crippen LogP contribution >= 0.6 is 11.6 Å². The molecule has 0 radical (unpaired) electrons. The summed E-state index contributed by atoms with van der Waals surface area (Å²) in [5, 5.41) is 7.29. The van der Waals surface area contributed by atoms with E-state index in [-0.39, 0.29) is 5.02 Å². The molecule has 0 unspecified atom stereocenters. The van der Waals surface area contributed by atoms with Gasteiger partial charge < -0.3 is 14.5 Å². The SMILES string of the molecule is COc1cc(OC)cc(-c2cc(-c3nc4cc(Cl)c(F)cc4[nH]3)[nH]n2)c1. The van der Waals surface area contributed by atoms with E-state index in [1.807, 2.05) is 18.2 Å². The van der Waals surface area contributed by atoms with Gasteiger partial charge in [0, 0.05) is 17.7 Å². The highest BCUT2D eigenvalue weighted by Gasteiger charge is 2.13. The third kappa shape index (κ3) is 2.86. The summed E-state index contributed by atoms with van der Waals surface area (Å²) in [4.78, 5) is 7.49. The number of imidazole rings is 1. The minimum atomic E-state index is -0.497. The lowest BCUT2D eigenvalue weighted by atomic mass is 10.1. The van der Waals surface area contributed by atoms with Crippen molar-refractivity contribution in [3.8, 4) is 34.3 Å². The summed E-state index contributed by atoms with van der Waals surface area (Å²) in [6.07, 6.45) is 0. The Morgan fingerprint density at radius 2 is 1.73 bits per heavy atom. The first-order valence-corrected chi connectivity index (χ1v) is 8.09. The van der Waals surface area contributed by atoms with Crippen LogP contribution in [0.4, 0.5) is 4.39 Å². The molecule has 4 rings (SSSR count). The van der Waals surface area contributed by atoms with Crippen LogP contribution in [0, 0.1) is 5.82 Å². The Balaban J connectivity index is 1.74. The van der Waals surface area contributed by atoms with Crippen molar-refractivity contribution in [3.05, 3.63) is 47.2 Å². The van der Waals surface area contributed by atoms with E-state index >= 15 is 0 Å². The number of methoxy groups -OCH3 is 2. The number of hydrogen-bond donors (Lipinski definition) is 2. The molecule has 8 heteroatoms. The maximum absolute atomic E-state index is 13.6. The monoisotopic (exact) mass is 372 g/mol. The highest BCUT2D eigenvalue weighted by Crippen LogP contribution is 2.31. The third-order valence-corrected chi connectivity index (χ3v) is 4.29. The van der Waals surface area contributed by atoms with E-state index in [0.29, 0.717) is 39.7 Å². The zero-order valence-electron chi connectivity index (χ0n) is 13.9. The second-order valence-electron chi connectivity index (χ2n) is 5.64. The van der Waals surface area contributed by atoms with E-state index in [9.17, 15) is 4.39 Å². The second-order valence-corrected chi connectivity index (χ2v) is 6.04. The lowest BCUT2D eigenvalue weighted by Gasteiger charge is -2.06. The van der Waals surface area contributed by atoms with Crippen molar-refractivity contribution in [2.75, 3.05) is 14.2 Å².